The van der Waals surface area contributed by atoms with Gasteiger partial charge in [-0.15, -0.1) is 0 Å². The standard InChI is InChI=1S/C11H14BrNO4/c1-6(2)8(5-9(14)15)13-11(16)7-3-4-17-10(7)12/h3-4,6,8H,5H2,1-2H3,(H,13,16)(H,14,15). The molecule has 1 heterocycles. The number of carbonyl (C=O) groups is 2. The molecule has 17 heavy (non-hydrogen) atoms. The number of amides is 1. The first-order valence-corrected chi connectivity index (χ1v) is 5.96. The van der Waals surface area contributed by atoms with Gasteiger partial charge >= 0.3 is 5.97 Å². The molecule has 0 saturated carbocycles. The molecule has 0 aliphatic rings. The lowest BCUT2D eigenvalue weighted by atomic mass is 10.0. The number of hydrogen-bond donors (Lipinski definition) is 2. The van der Waals surface area contributed by atoms with E-state index >= 15 is 0 Å². The molecule has 0 radical (unpaired) electrons. The van der Waals surface area contributed by atoms with Crippen LogP contribution in [-0.4, -0.2) is 23.0 Å². The normalized spacial score (nSPS) is 12.5. The number of rotatable bonds is 5. The first-order valence-electron chi connectivity index (χ1n) is 5.17. The van der Waals surface area contributed by atoms with Crippen LogP contribution in [0, 0.1) is 5.92 Å². The van der Waals surface area contributed by atoms with Crippen LogP contribution in [0.4, 0.5) is 0 Å². The third kappa shape index (κ3) is 3.89. The van der Waals surface area contributed by atoms with Gasteiger partial charge in [0.25, 0.3) is 5.91 Å². The molecule has 1 aromatic rings. The molecule has 0 spiro atoms. The number of carboxylic acids is 1. The van der Waals surface area contributed by atoms with E-state index in [0.29, 0.717) is 10.2 Å². The maximum absolute atomic E-state index is 11.8. The van der Waals surface area contributed by atoms with E-state index in [9.17, 15) is 9.59 Å². The Kier molecular flexibility index (Phi) is 4.74. The van der Waals surface area contributed by atoms with Gasteiger partial charge < -0.3 is 14.8 Å². The Morgan fingerprint density at radius 1 is 1.53 bits per heavy atom. The number of nitrogens with one attached hydrogen (secondary N) is 1. The van der Waals surface area contributed by atoms with Crippen LogP contribution in [0.5, 0.6) is 0 Å². The zero-order valence-corrected chi connectivity index (χ0v) is 11.2. The molecule has 0 fully saturated rings. The van der Waals surface area contributed by atoms with Crippen LogP contribution in [0.3, 0.4) is 0 Å². The maximum Gasteiger partial charge on any atom is 0.305 e. The Hall–Kier alpha value is -1.30. The number of hydrogen-bond acceptors (Lipinski definition) is 3. The van der Waals surface area contributed by atoms with E-state index in [-0.39, 0.29) is 18.2 Å². The predicted octanol–water partition coefficient (Wildman–Crippen LogP) is 2.27. The summed E-state index contributed by atoms with van der Waals surface area (Å²) in [5, 5.41) is 11.4. The van der Waals surface area contributed by atoms with Crippen LogP contribution < -0.4 is 5.32 Å². The highest BCUT2D eigenvalue weighted by molar-refractivity contribution is 9.10. The second kappa shape index (κ2) is 5.86. The van der Waals surface area contributed by atoms with Crippen molar-refractivity contribution in [1.82, 2.24) is 5.32 Å². The van der Waals surface area contributed by atoms with Crippen molar-refractivity contribution in [3.63, 3.8) is 0 Å². The molecule has 0 aliphatic heterocycles. The van der Waals surface area contributed by atoms with Gasteiger partial charge in [0, 0.05) is 6.04 Å². The molecule has 0 aliphatic carbocycles. The van der Waals surface area contributed by atoms with E-state index < -0.39 is 12.0 Å². The summed E-state index contributed by atoms with van der Waals surface area (Å²) in [5.41, 5.74) is 0.362. The molecule has 1 rings (SSSR count). The average Bonchev–Trinajstić information content (AvgIpc) is 2.62. The molecule has 1 unspecified atom stereocenters. The number of furan rings is 1. The van der Waals surface area contributed by atoms with Gasteiger partial charge in [-0.2, -0.15) is 0 Å². The number of carbonyl (C=O) groups excluding carboxylic acids is 1. The van der Waals surface area contributed by atoms with Gasteiger partial charge in [-0.25, -0.2) is 0 Å². The summed E-state index contributed by atoms with van der Waals surface area (Å²) in [6.07, 6.45) is 1.29. The van der Waals surface area contributed by atoms with E-state index in [0.717, 1.165) is 0 Å². The fourth-order valence-electron chi connectivity index (χ4n) is 1.34. The van der Waals surface area contributed by atoms with E-state index in [1.807, 2.05) is 13.8 Å². The minimum Gasteiger partial charge on any atom is -0.481 e. The average molecular weight is 304 g/mol. The number of halogens is 1. The van der Waals surface area contributed by atoms with Crippen molar-refractivity contribution in [2.45, 2.75) is 26.3 Å². The Morgan fingerprint density at radius 2 is 2.18 bits per heavy atom. The zero-order chi connectivity index (χ0) is 13.0. The van der Waals surface area contributed by atoms with Gasteiger partial charge in [0.1, 0.15) is 0 Å². The summed E-state index contributed by atoms with van der Waals surface area (Å²) < 4.78 is 5.29. The molecule has 6 heteroatoms. The van der Waals surface area contributed by atoms with Crippen molar-refractivity contribution in [1.29, 1.82) is 0 Å². The molecule has 2 N–H and O–H groups in total. The summed E-state index contributed by atoms with van der Waals surface area (Å²) in [7, 11) is 0. The smallest absolute Gasteiger partial charge is 0.305 e. The van der Waals surface area contributed by atoms with Gasteiger partial charge in [0.05, 0.1) is 18.2 Å². The molecule has 0 bridgehead atoms. The zero-order valence-electron chi connectivity index (χ0n) is 9.57. The highest BCUT2D eigenvalue weighted by atomic mass is 79.9. The quantitative estimate of drug-likeness (QED) is 0.874. The molecule has 1 amide bonds. The number of aliphatic carboxylic acids is 1. The van der Waals surface area contributed by atoms with Gasteiger partial charge in [0.2, 0.25) is 0 Å². The molecule has 1 aromatic heterocycles. The largest absolute Gasteiger partial charge is 0.481 e. The lowest BCUT2D eigenvalue weighted by molar-refractivity contribution is -0.137. The third-order valence-electron chi connectivity index (χ3n) is 2.38. The Labute approximate surface area is 107 Å². The summed E-state index contributed by atoms with van der Waals surface area (Å²) in [6, 6.07) is 1.12. The second-order valence-electron chi connectivity index (χ2n) is 4.03. The number of carboxylic acid groups (broad SMARTS) is 1. The van der Waals surface area contributed by atoms with E-state index in [1.165, 1.54) is 12.3 Å². The molecular formula is C11H14BrNO4. The van der Waals surface area contributed by atoms with Crippen LogP contribution in [0.15, 0.2) is 21.4 Å². The van der Waals surface area contributed by atoms with E-state index in [4.69, 9.17) is 9.52 Å². The Bertz CT molecular complexity index is 413. The summed E-state index contributed by atoms with van der Waals surface area (Å²) >= 11 is 3.10. The summed E-state index contributed by atoms with van der Waals surface area (Å²) in [6.45, 7) is 3.72. The molecule has 0 aromatic carbocycles. The minimum absolute atomic E-state index is 0.0423. The van der Waals surface area contributed by atoms with Crippen LogP contribution in [0.1, 0.15) is 30.6 Å². The SMILES string of the molecule is CC(C)C(CC(=O)O)NC(=O)c1ccoc1Br. The van der Waals surface area contributed by atoms with E-state index in [1.54, 1.807) is 0 Å². The van der Waals surface area contributed by atoms with Crippen LogP contribution in [0.2, 0.25) is 0 Å². The highest BCUT2D eigenvalue weighted by Gasteiger charge is 2.21. The first kappa shape index (κ1) is 13.8. The van der Waals surface area contributed by atoms with Crippen molar-refractivity contribution < 1.29 is 19.1 Å². The molecule has 5 nitrogen and oxygen atoms in total. The van der Waals surface area contributed by atoms with Gasteiger partial charge in [0.15, 0.2) is 4.67 Å². The lowest BCUT2D eigenvalue weighted by Crippen LogP contribution is -2.40. The second-order valence-corrected chi connectivity index (χ2v) is 4.75. The lowest BCUT2D eigenvalue weighted by Gasteiger charge is -2.20. The molecular weight excluding hydrogens is 290 g/mol. The van der Waals surface area contributed by atoms with Crippen molar-refractivity contribution in [2.75, 3.05) is 0 Å². The van der Waals surface area contributed by atoms with Gasteiger partial charge in [-0.05, 0) is 27.9 Å². The predicted molar refractivity (Wildman–Crippen MR) is 64.8 cm³/mol. The maximum atomic E-state index is 11.8. The van der Waals surface area contributed by atoms with Gasteiger partial charge in [-0.1, -0.05) is 13.8 Å². The summed E-state index contributed by atoms with van der Waals surface area (Å²) in [4.78, 5) is 22.5. The van der Waals surface area contributed by atoms with Crippen molar-refractivity contribution in [2.24, 2.45) is 5.92 Å². The van der Waals surface area contributed by atoms with Crippen LogP contribution >= 0.6 is 15.9 Å². The first-order chi connectivity index (χ1) is 7.91. The Morgan fingerprint density at radius 3 is 2.59 bits per heavy atom. The van der Waals surface area contributed by atoms with Crippen molar-refractivity contribution in [3.8, 4) is 0 Å². The van der Waals surface area contributed by atoms with Crippen LogP contribution in [-0.2, 0) is 4.79 Å². The minimum atomic E-state index is -0.935. The fraction of sp³-hybridized carbons (Fsp3) is 0.455. The monoisotopic (exact) mass is 303 g/mol. The summed E-state index contributed by atoms with van der Waals surface area (Å²) in [5.74, 6) is -1.23. The third-order valence-corrected chi connectivity index (χ3v) is 2.99. The highest BCUT2D eigenvalue weighted by Crippen LogP contribution is 2.18. The van der Waals surface area contributed by atoms with Crippen molar-refractivity contribution >= 4 is 27.8 Å². The van der Waals surface area contributed by atoms with Crippen LogP contribution in [0.25, 0.3) is 0 Å². The molecule has 94 valence electrons. The van der Waals surface area contributed by atoms with Crippen molar-refractivity contribution in [3.05, 3.63) is 22.6 Å². The van der Waals surface area contributed by atoms with Gasteiger partial charge in [-0.3, -0.25) is 9.59 Å². The topological polar surface area (TPSA) is 79.5 Å². The van der Waals surface area contributed by atoms with E-state index in [2.05, 4.69) is 21.2 Å². The fourth-order valence-corrected chi connectivity index (χ4v) is 1.76. The molecule has 1 atom stereocenters. The molecule has 0 saturated heterocycles. The Balaban J connectivity index is 2.71.